The van der Waals surface area contributed by atoms with Gasteiger partial charge in [0.25, 0.3) is 5.91 Å². The lowest BCUT2D eigenvalue weighted by molar-refractivity contribution is -0.160. The van der Waals surface area contributed by atoms with Crippen molar-refractivity contribution in [3.05, 3.63) is 34.7 Å². The molecule has 2 aliphatic carbocycles. The quantitative estimate of drug-likeness (QED) is 0.353. The Labute approximate surface area is 258 Å². The van der Waals surface area contributed by atoms with E-state index < -0.39 is 31.5 Å². The third-order valence-corrected chi connectivity index (χ3v) is 13.2. The van der Waals surface area contributed by atoms with Crippen LogP contribution in [-0.4, -0.2) is 67.5 Å². The van der Waals surface area contributed by atoms with Gasteiger partial charge in [0.2, 0.25) is 17.7 Å². The molecule has 3 saturated heterocycles. The normalized spacial score (nSPS) is 32.4. The summed E-state index contributed by atoms with van der Waals surface area (Å²) in [5.74, 6) is -1.65. The van der Waals surface area contributed by atoms with Crippen molar-refractivity contribution in [3.63, 3.8) is 0 Å². The van der Waals surface area contributed by atoms with Crippen molar-refractivity contribution in [1.29, 1.82) is 0 Å². The zero-order valence-electron chi connectivity index (χ0n) is 24.3. The van der Waals surface area contributed by atoms with Gasteiger partial charge < -0.3 is 24.9 Å². The van der Waals surface area contributed by atoms with Crippen LogP contribution in [0.3, 0.4) is 0 Å². The lowest BCUT2D eigenvalue weighted by Gasteiger charge is -2.56. The third-order valence-electron chi connectivity index (χ3n) is 11.2. The van der Waals surface area contributed by atoms with Crippen molar-refractivity contribution in [2.24, 2.45) is 17.8 Å². The van der Waals surface area contributed by atoms with Crippen LogP contribution in [0.5, 0.6) is 0 Å². The summed E-state index contributed by atoms with van der Waals surface area (Å²) in [5.41, 5.74) is -0.181. The summed E-state index contributed by atoms with van der Waals surface area (Å²) in [4.78, 5) is 64.5. The van der Waals surface area contributed by atoms with Gasteiger partial charge in [0, 0.05) is 27.1 Å². The topological polar surface area (TPSA) is 127 Å². The average molecular weight is 638 g/mol. The van der Waals surface area contributed by atoms with Crippen LogP contribution in [0.15, 0.2) is 24.3 Å². The molecule has 1 aromatic carbocycles. The number of carbonyl (C=O) groups is 3. The number of carbonyl (C=O) groups excluding carboxylic acids is 3. The van der Waals surface area contributed by atoms with Gasteiger partial charge in [-0.2, -0.15) is 0 Å². The molecule has 9 nitrogen and oxygen atoms in total. The first kappa shape index (κ1) is 29.4. The molecule has 5 aliphatic rings. The lowest BCUT2D eigenvalue weighted by atomic mass is 9.72. The number of nitrogens with zero attached hydrogens (tertiary/aromatic N) is 2. The first-order chi connectivity index (χ1) is 20.5. The molecule has 5 fully saturated rings. The molecule has 7 atom stereocenters. The van der Waals surface area contributed by atoms with Crippen molar-refractivity contribution in [2.45, 2.75) is 101 Å². The van der Waals surface area contributed by atoms with Gasteiger partial charge in [-0.1, -0.05) is 32.3 Å². The molecule has 12 heteroatoms. The second-order valence-corrected chi connectivity index (χ2v) is 16.2. The second-order valence-electron chi connectivity index (χ2n) is 13.5. The lowest BCUT2D eigenvalue weighted by Crippen LogP contribution is -2.67. The van der Waals surface area contributed by atoms with E-state index in [1.807, 2.05) is 4.90 Å². The zero-order chi connectivity index (χ0) is 30.3. The van der Waals surface area contributed by atoms with Gasteiger partial charge in [-0.15, -0.1) is 11.3 Å². The molecule has 7 rings (SSSR count). The molecular weight excluding hydrogens is 592 g/mol. The SMILES string of the molecule is CC1C2C[C@H]3CC[C@@H](C(=O)N4CCC45CCCCC5)N3C(=O)[C@@H](NC(=O)c3cc4cc(C(F)P(=O)(O)O)ccc4s3)CC12.[HH].[HH].[HH]. The number of fused-ring (bicyclic) bond motifs is 3. The number of hydrogen-bond donors (Lipinski definition) is 3. The Morgan fingerprint density at radius 2 is 1.86 bits per heavy atom. The van der Waals surface area contributed by atoms with E-state index in [-0.39, 0.29) is 33.2 Å². The minimum atomic E-state index is -4.96. The first-order valence-electron chi connectivity index (χ1n) is 15.6. The van der Waals surface area contributed by atoms with Crippen molar-refractivity contribution >= 4 is 46.7 Å². The third kappa shape index (κ3) is 5.04. The number of thiophene rings is 1. The van der Waals surface area contributed by atoms with E-state index in [0.29, 0.717) is 45.6 Å². The Bertz CT molecular complexity index is 1540. The highest BCUT2D eigenvalue weighted by molar-refractivity contribution is 7.51. The molecule has 3 aliphatic heterocycles. The molecule has 0 radical (unpaired) electrons. The molecule has 0 bridgehead atoms. The van der Waals surface area contributed by atoms with Gasteiger partial charge in [-0.3, -0.25) is 18.9 Å². The summed E-state index contributed by atoms with van der Waals surface area (Å²) in [6, 6.07) is 4.57. The summed E-state index contributed by atoms with van der Waals surface area (Å²) < 4.78 is 26.4. The maximum absolute atomic E-state index is 14.3. The van der Waals surface area contributed by atoms with Crippen LogP contribution in [-0.2, 0) is 14.2 Å². The van der Waals surface area contributed by atoms with E-state index in [4.69, 9.17) is 0 Å². The Morgan fingerprint density at radius 3 is 2.56 bits per heavy atom. The van der Waals surface area contributed by atoms with E-state index in [1.165, 1.54) is 29.9 Å². The summed E-state index contributed by atoms with van der Waals surface area (Å²) in [5, 5.41) is 3.50. The fraction of sp³-hybridized carbons (Fsp3) is 0.645. The van der Waals surface area contributed by atoms with Gasteiger partial charge in [0.05, 0.1) is 4.88 Å². The minimum Gasteiger partial charge on any atom is -0.340 e. The molecular formula is C31H45FN3O6PS. The van der Waals surface area contributed by atoms with E-state index in [9.17, 15) is 33.1 Å². The van der Waals surface area contributed by atoms with E-state index in [1.54, 1.807) is 12.1 Å². The number of alkyl halides is 1. The average Bonchev–Trinajstić information content (AvgIpc) is 3.31. The highest BCUT2D eigenvalue weighted by Crippen LogP contribution is 2.55. The largest absolute Gasteiger partial charge is 0.363 e. The van der Waals surface area contributed by atoms with Gasteiger partial charge in [-0.05, 0) is 91.8 Å². The molecule has 43 heavy (non-hydrogen) atoms. The molecule has 4 heterocycles. The van der Waals surface area contributed by atoms with Gasteiger partial charge >= 0.3 is 7.60 Å². The smallest absolute Gasteiger partial charge is 0.340 e. The molecule has 3 N–H and O–H groups in total. The first-order valence-corrected chi connectivity index (χ1v) is 18.1. The number of benzene rings is 1. The molecule has 238 valence electrons. The van der Waals surface area contributed by atoms with Crippen LogP contribution in [0.4, 0.5) is 4.39 Å². The maximum Gasteiger partial charge on any atom is 0.363 e. The number of halogens is 1. The highest BCUT2D eigenvalue weighted by atomic mass is 32.1. The number of amides is 3. The Kier molecular flexibility index (Phi) is 7.27. The van der Waals surface area contributed by atoms with Crippen LogP contribution in [0, 0.1) is 17.8 Å². The van der Waals surface area contributed by atoms with E-state index >= 15 is 0 Å². The number of likely N-dealkylation sites (tertiary alicyclic amines) is 1. The van der Waals surface area contributed by atoms with Crippen LogP contribution >= 0.6 is 18.9 Å². The predicted molar refractivity (Wildman–Crippen MR) is 166 cm³/mol. The second kappa shape index (κ2) is 10.6. The highest BCUT2D eigenvalue weighted by Gasteiger charge is 2.57. The number of hydrogen-bond acceptors (Lipinski definition) is 5. The number of nitrogens with one attached hydrogen (secondary N) is 1. The van der Waals surface area contributed by atoms with Gasteiger partial charge in [-0.25, -0.2) is 4.39 Å². The van der Waals surface area contributed by atoms with Crippen LogP contribution in [0.2, 0.25) is 0 Å². The standard InChI is InChI=1S/C31H39FN3O6PS.3H2/c1-17-21-15-20-6-7-24(30(38)34-12-11-31(34)9-3-2-4-10-31)35(20)29(37)23(16-22(17)21)33-28(36)26-14-19-13-18(5-8-25(19)43-26)27(32)42(39,40)41;;;/h5,8,13-14,17,20-24,27H,2-4,6-7,9-12,15-16H2,1H3,(H,33,36)(H2,39,40,41);3*1H/t17?,20-,21?,22?,23+,24+,27?;;;/m1.../s1. The molecule has 2 saturated carbocycles. The maximum atomic E-state index is 14.3. The zero-order valence-corrected chi connectivity index (χ0v) is 26.0. The fourth-order valence-corrected chi connectivity index (χ4v) is 10.1. The van der Waals surface area contributed by atoms with Gasteiger partial charge in [0.15, 0.2) is 0 Å². The van der Waals surface area contributed by atoms with Crippen molar-refractivity contribution in [1.82, 2.24) is 15.1 Å². The summed E-state index contributed by atoms with van der Waals surface area (Å²) >= 11 is 1.18. The molecule has 3 amide bonds. The Balaban J connectivity index is 0.00000160. The Morgan fingerprint density at radius 1 is 1.12 bits per heavy atom. The van der Waals surface area contributed by atoms with Crippen LogP contribution < -0.4 is 5.32 Å². The molecule has 1 aromatic heterocycles. The predicted octanol–water partition coefficient (Wildman–Crippen LogP) is 5.85. The molecule has 4 unspecified atom stereocenters. The summed E-state index contributed by atoms with van der Waals surface area (Å²) in [7, 11) is -4.96. The van der Waals surface area contributed by atoms with Gasteiger partial charge in [0.1, 0.15) is 12.1 Å². The van der Waals surface area contributed by atoms with E-state index in [2.05, 4.69) is 17.1 Å². The van der Waals surface area contributed by atoms with Crippen LogP contribution in [0.25, 0.3) is 10.1 Å². The summed E-state index contributed by atoms with van der Waals surface area (Å²) in [6.07, 6.45) is 9.56. The van der Waals surface area contributed by atoms with Crippen molar-refractivity contribution in [2.75, 3.05) is 6.54 Å². The molecule has 1 spiro atoms. The summed E-state index contributed by atoms with van der Waals surface area (Å²) in [6.45, 7) is 2.97. The molecule has 2 aromatic rings. The fourth-order valence-electron chi connectivity index (χ4n) is 8.63. The van der Waals surface area contributed by atoms with Crippen molar-refractivity contribution in [3.8, 4) is 0 Å². The van der Waals surface area contributed by atoms with E-state index in [0.717, 1.165) is 51.5 Å². The Hall–Kier alpha value is -2.33. The minimum absolute atomic E-state index is 0. The van der Waals surface area contributed by atoms with Crippen LogP contribution in [0.1, 0.15) is 96.6 Å². The number of rotatable bonds is 5. The monoisotopic (exact) mass is 637 g/mol. The van der Waals surface area contributed by atoms with Crippen molar-refractivity contribution < 1.29 is 37.4 Å².